The first-order valence-corrected chi connectivity index (χ1v) is 4.84. The predicted octanol–water partition coefficient (Wildman–Crippen LogP) is 0.740. The van der Waals surface area contributed by atoms with Gasteiger partial charge >= 0.3 is 0 Å². The zero-order valence-corrected chi connectivity index (χ0v) is 9.37. The van der Waals surface area contributed by atoms with Gasteiger partial charge in [0.25, 0.3) is 0 Å². The van der Waals surface area contributed by atoms with Gasteiger partial charge in [0.2, 0.25) is 5.88 Å². The van der Waals surface area contributed by atoms with Crippen LogP contribution in [0, 0.1) is 18.3 Å². The van der Waals surface area contributed by atoms with Gasteiger partial charge < -0.3 is 10.1 Å². The molecule has 0 aliphatic heterocycles. The molecule has 1 heterocycles. The Balaban J connectivity index is 2.63. The van der Waals surface area contributed by atoms with Crippen molar-refractivity contribution in [3.63, 3.8) is 0 Å². The predicted molar refractivity (Wildman–Crippen MR) is 56.4 cm³/mol. The van der Waals surface area contributed by atoms with Gasteiger partial charge in [-0.3, -0.25) is 0 Å². The van der Waals surface area contributed by atoms with Crippen molar-refractivity contribution in [2.45, 2.75) is 19.9 Å². The molecule has 5 heteroatoms. The summed E-state index contributed by atoms with van der Waals surface area (Å²) in [7, 11) is 3.49. The van der Waals surface area contributed by atoms with Crippen molar-refractivity contribution in [3.05, 3.63) is 11.3 Å². The average Bonchev–Trinajstić information content (AvgIpc) is 2.48. The van der Waals surface area contributed by atoms with E-state index in [1.54, 1.807) is 11.8 Å². The van der Waals surface area contributed by atoms with Crippen molar-refractivity contribution in [2.24, 2.45) is 7.05 Å². The molecule has 0 aliphatic carbocycles. The molecule has 0 unspecified atom stereocenters. The molecule has 0 fully saturated rings. The molecular weight excluding hydrogens is 192 g/mol. The van der Waals surface area contributed by atoms with Gasteiger partial charge in [0.1, 0.15) is 0 Å². The maximum Gasteiger partial charge on any atom is 0.216 e. The van der Waals surface area contributed by atoms with E-state index in [-0.39, 0.29) is 0 Å². The SMILES string of the molecule is COc1c(CNCCC#N)c(C)nn1C. The van der Waals surface area contributed by atoms with E-state index in [1.165, 1.54) is 0 Å². The summed E-state index contributed by atoms with van der Waals surface area (Å²) in [6.45, 7) is 3.32. The summed E-state index contributed by atoms with van der Waals surface area (Å²) in [5.74, 6) is 0.775. The molecule has 15 heavy (non-hydrogen) atoms. The molecule has 0 saturated heterocycles. The second-order valence-corrected chi connectivity index (χ2v) is 3.28. The fourth-order valence-electron chi connectivity index (χ4n) is 1.50. The lowest BCUT2D eigenvalue weighted by molar-refractivity contribution is 0.368. The Morgan fingerprint density at radius 2 is 2.33 bits per heavy atom. The molecular formula is C10H16N4O. The van der Waals surface area contributed by atoms with E-state index in [1.807, 2.05) is 14.0 Å². The zero-order chi connectivity index (χ0) is 11.3. The maximum atomic E-state index is 8.39. The van der Waals surface area contributed by atoms with Gasteiger partial charge in [-0.2, -0.15) is 10.4 Å². The number of aryl methyl sites for hydroxylation is 2. The second-order valence-electron chi connectivity index (χ2n) is 3.28. The van der Waals surface area contributed by atoms with Crippen LogP contribution in [0.2, 0.25) is 0 Å². The zero-order valence-electron chi connectivity index (χ0n) is 9.37. The Hall–Kier alpha value is -1.54. The Morgan fingerprint density at radius 3 is 2.93 bits per heavy atom. The quantitative estimate of drug-likeness (QED) is 0.725. The van der Waals surface area contributed by atoms with Gasteiger partial charge in [-0.25, -0.2) is 4.68 Å². The minimum atomic E-state index is 0.516. The van der Waals surface area contributed by atoms with Crippen molar-refractivity contribution in [1.29, 1.82) is 5.26 Å². The van der Waals surface area contributed by atoms with Crippen molar-refractivity contribution in [3.8, 4) is 11.9 Å². The summed E-state index contributed by atoms with van der Waals surface area (Å²) in [4.78, 5) is 0. The Labute approximate surface area is 89.6 Å². The summed E-state index contributed by atoms with van der Waals surface area (Å²) < 4.78 is 6.97. The van der Waals surface area contributed by atoms with Crippen LogP contribution in [0.15, 0.2) is 0 Å². The van der Waals surface area contributed by atoms with Gasteiger partial charge in [0, 0.05) is 26.6 Å². The van der Waals surface area contributed by atoms with E-state index in [2.05, 4.69) is 16.5 Å². The Bertz CT molecular complexity index is 364. The highest BCUT2D eigenvalue weighted by Gasteiger charge is 2.12. The number of nitrogens with zero attached hydrogens (tertiary/aromatic N) is 3. The lowest BCUT2D eigenvalue weighted by Crippen LogP contribution is -2.15. The third kappa shape index (κ3) is 2.70. The topological polar surface area (TPSA) is 62.9 Å². The van der Waals surface area contributed by atoms with Crippen LogP contribution in [-0.2, 0) is 13.6 Å². The van der Waals surface area contributed by atoms with Crippen LogP contribution in [0.4, 0.5) is 0 Å². The summed E-state index contributed by atoms with van der Waals surface area (Å²) in [6, 6.07) is 2.09. The van der Waals surface area contributed by atoms with E-state index in [9.17, 15) is 0 Å². The van der Waals surface area contributed by atoms with E-state index in [4.69, 9.17) is 10.00 Å². The summed E-state index contributed by atoms with van der Waals surface area (Å²) >= 11 is 0. The number of methoxy groups -OCH3 is 1. The van der Waals surface area contributed by atoms with Gasteiger partial charge in [-0.1, -0.05) is 0 Å². The van der Waals surface area contributed by atoms with Crippen LogP contribution in [0.5, 0.6) is 5.88 Å². The molecule has 0 bridgehead atoms. The number of hydrogen-bond donors (Lipinski definition) is 1. The summed E-state index contributed by atoms with van der Waals surface area (Å²) in [5, 5.41) is 15.8. The number of nitriles is 1. The number of ether oxygens (including phenoxy) is 1. The average molecular weight is 208 g/mol. The molecule has 1 rings (SSSR count). The first kappa shape index (κ1) is 11.5. The fraction of sp³-hybridized carbons (Fsp3) is 0.600. The molecule has 0 aromatic carbocycles. The van der Waals surface area contributed by atoms with Crippen molar-refractivity contribution in [2.75, 3.05) is 13.7 Å². The van der Waals surface area contributed by atoms with Gasteiger partial charge in [0.05, 0.1) is 24.4 Å². The van der Waals surface area contributed by atoms with Crippen molar-refractivity contribution < 1.29 is 4.74 Å². The van der Waals surface area contributed by atoms with Crippen LogP contribution >= 0.6 is 0 Å². The largest absolute Gasteiger partial charge is 0.481 e. The van der Waals surface area contributed by atoms with E-state index < -0.39 is 0 Å². The molecule has 0 radical (unpaired) electrons. The second kappa shape index (κ2) is 5.37. The molecule has 1 aromatic rings. The molecule has 5 nitrogen and oxygen atoms in total. The van der Waals surface area contributed by atoms with Gasteiger partial charge in [-0.15, -0.1) is 0 Å². The van der Waals surface area contributed by atoms with E-state index >= 15 is 0 Å². The number of nitrogens with one attached hydrogen (secondary N) is 1. The smallest absolute Gasteiger partial charge is 0.216 e. The third-order valence-electron chi connectivity index (χ3n) is 2.20. The van der Waals surface area contributed by atoms with Crippen LogP contribution in [0.1, 0.15) is 17.7 Å². The fourth-order valence-corrected chi connectivity index (χ4v) is 1.50. The van der Waals surface area contributed by atoms with Crippen LogP contribution in [0.3, 0.4) is 0 Å². The molecule has 0 aliphatic rings. The lowest BCUT2D eigenvalue weighted by atomic mass is 10.2. The highest BCUT2D eigenvalue weighted by Crippen LogP contribution is 2.20. The van der Waals surface area contributed by atoms with Crippen LogP contribution < -0.4 is 10.1 Å². The van der Waals surface area contributed by atoms with E-state index in [0.717, 1.165) is 17.1 Å². The first-order chi connectivity index (χ1) is 7.20. The minimum Gasteiger partial charge on any atom is -0.481 e. The number of rotatable bonds is 5. The Kier molecular flexibility index (Phi) is 4.13. The van der Waals surface area contributed by atoms with Crippen LogP contribution in [0.25, 0.3) is 0 Å². The minimum absolute atomic E-state index is 0.516. The molecule has 1 N–H and O–H groups in total. The highest BCUT2D eigenvalue weighted by molar-refractivity contribution is 5.30. The molecule has 0 saturated carbocycles. The van der Waals surface area contributed by atoms with E-state index in [0.29, 0.717) is 19.5 Å². The summed E-state index contributed by atoms with van der Waals surface area (Å²) in [6.07, 6.45) is 0.516. The Morgan fingerprint density at radius 1 is 1.60 bits per heavy atom. The molecule has 82 valence electrons. The summed E-state index contributed by atoms with van der Waals surface area (Å²) in [5.41, 5.74) is 2.01. The van der Waals surface area contributed by atoms with Gasteiger partial charge in [0.15, 0.2) is 0 Å². The number of aromatic nitrogens is 2. The normalized spacial score (nSPS) is 10.0. The van der Waals surface area contributed by atoms with Gasteiger partial charge in [-0.05, 0) is 6.92 Å². The van der Waals surface area contributed by atoms with Crippen molar-refractivity contribution >= 4 is 0 Å². The molecule has 0 atom stereocenters. The maximum absolute atomic E-state index is 8.39. The third-order valence-corrected chi connectivity index (χ3v) is 2.20. The molecule has 0 amide bonds. The highest BCUT2D eigenvalue weighted by atomic mass is 16.5. The molecule has 1 aromatic heterocycles. The monoisotopic (exact) mass is 208 g/mol. The van der Waals surface area contributed by atoms with Crippen molar-refractivity contribution in [1.82, 2.24) is 15.1 Å². The first-order valence-electron chi connectivity index (χ1n) is 4.84. The standard InChI is InChI=1S/C10H16N4O/c1-8-9(7-12-6-4-5-11)10(15-3)14(2)13-8/h12H,4,6-7H2,1-3H3. The molecule has 0 spiro atoms. The van der Waals surface area contributed by atoms with Crippen LogP contribution in [-0.4, -0.2) is 23.4 Å². The lowest BCUT2D eigenvalue weighted by Gasteiger charge is -2.05. The number of hydrogen-bond acceptors (Lipinski definition) is 4.